The maximum Gasteiger partial charge on any atom is 0.254 e. The second-order valence-corrected chi connectivity index (χ2v) is 4.33. The highest BCUT2D eigenvalue weighted by molar-refractivity contribution is 5.94. The van der Waals surface area contributed by atoms with Gasteiger partial charge < -0.3 is 14.4 Å². The summed E-state index contributed by atoms with van der Waals surface area (Å²) in [6.07, 6.45) is 0.978. The van der Waals surface area contributed by atoms with Crippen molar-refractivity contribution >= 4 is 5.91 Å². The summed E-state index contributed by atoms with van der Waals surface area (Å²) in [6, 6.07) is 7.76. The number of benzene rings is 1. The Morgan fingerprint density at radius 1 is 1.05 bits per heavy atom. The van der Waals surface area contributed by atoms with Gasteiger partial charge in [-0.05, 0) is 24.1 Å². The molecule has 0 atom stereocenters. The van der Waals surface area contributed by atoms with E-state index in [-0.39, 0.29) is 5.91 Å². The van der Waals surface area contributed by atoms with E-state index < -0.39 is 0 Å². The van der Waals surface area contributed by atoms with Gasteiger partial charge in [-0.2, -0.15) is 0 Å². The molecule has 0 saturated carbocycles. The van der Waals surface area contributed by atoms with Crippen molar-refractivity contribution in [1.82, 2.24) is 4.90 Å². The zero-order valence-electron chi connectivity index (χ0n) is 12.0. The maximum atomic E-state index is 12.4. The van der Waals surface area contributed by atoms with Crippen molar-refractivity contribution < 1.29 is 14.3 Å². The molecule has 1 aromatic rings. The van der Waals surface area contributed by atoms with E-state index in [0.717, 1.165) is 6.42 Å². The molecule has 1 amide bonds. The molecule has 0 aliphatic heterocycles. The fraction of sp³-hybridized carbons (Fsp3) is 0.533. The van der Waals surface area contributed by atoms with Crippen LogP contribution in [0.1, 0.15) is 22.8 Å². The SMILES string of the molecule is CCc1ccc(C(=O)N(CCOC)CCOC)cc1. The van der Waals surface area contributed by atoms with Crippen LogP contribution in [0.5, 0.6) is 0 Å². The third-order valence-electron chi connectivity index (χ3n) is 3.03. The van der Waals surface area contributed by atoms with Crippen LogP contribution in [0, 0.1) is 0 Å². The Bertz CT molecular complexity index is 367. The van der Waals surface area contributed by atoms with E-state index in [1.54, 1.807) is 19.1 Å². The lowest BCUT2D eigenvalue weighted by atomic mass is 10.1. The first-order chi connectivity index (χ1) is 9.22. The summed E-state index contributed by atoms with van der Waals surface area (Å²) in [5, 5.41) is 0. The van der Waals surface area contributed by atoms with Crippen molar-refractivity contribution in [2.24, 2.45) is 0 Å². The van der Waals surface area contributed by atoms with Gasteiger partial charge in [0, 0.05) is 32.9 Å². The molecule has 0 aromatic heterocycles. The van der Waals surface area contributed by atoms with E-state index in [1.165, 1.54) is 5.56 Å². The molecule has 0 saturated heterocycles. The summed E-state index contributed by atoms with van der Waals surface area (Å²) >= 11 is 0. The molecule has 0 aliphatic carbocycles. The van der Waals surface area contributed by atoms with Gasteiger partial charge in [-0.15, -0.1) is 0 Å². The zero-order chi connectivity index (χ0) is 14.1. The standard InChI is InChI=1S/C15H23NO3/c1-4-13-5-7-14(8-6-13)15(17)16(9-11-18-2)10-12-19-3/h5-8H,4,9-12H2,1-3H3. The second-order valence-electron chi connectivity index (χ2n) is 4.33. The van der Waals surface area contributed by atoms with Crippen LogP contribution in [0.3, 0.4) is 0 Å². The smallest absolute Gasteiger partial charge is 0.254 e. The lowest BCUT2D eigenvalue weighted by Crippen LogP contribution is -2.36. The highest BCUT2D eigenvalue weighted by Crippen LogP contribution is 2.08. The van der Waals surface area contributed by atoms with E-state index in [9.17, 15) is 4.79 Å². The summed E-state index contributed by atoms with van der Waals surface area (Å²) in [6.45, 7) is 4.31. The Morgan fingerprint density at radius 3 is 2.00 bits per heavy atom. The number of hydrogen-bond donors (Lipinski definition) is 0. The molecule has 19 heavy (non-hydrogen) atoms. The number of amides is 1. The van der Waals surface area contributed by atoms with Crippen molar-refractivity contribution in [3.8, 4) is 0 Å². The minimum Gasteiger partial charge on any atom is -0.383 e. The number of carbonyl (C=O) groups excluding carboxylic acids is 1. The molecular formula is C15H23NO3. The maximum absolute atomic E-state index is 12.4. The van der Waals surface area contributed by atoms with Crippen molar-refractivity contribution in [1.29, 1.82) is 0 Å². The Morgan fingerprint density at radius 2 is 1.58 bits per heavy atom. The van der Waals surface area contributed by atoms with E-state index in [4.69, 9.17) is 9.47 Å². The highest BCUT2D eigenvalue weighted by Gasteiger charge is 2.14. The van der Waals surface area contributed by atoms with Crippen LogP contribution in [-0.2, 0) is 15.9 Å². The number of aryl methyl sites for hydroxylation is 1. The van der Waals surface area contributed by atoms with Gasteiger partial charge in [0.1, 0.15) is 0 Å². The van der Waals surface area contributed by atoms with E-state index in [2.05, 4.69) is 6.92 Å². The van der Waals surface area contributed by atoms with Crippen LogP contribution in [0.2, 0.25) is 0 Å². The van der Waals surface area contributed by atoms with Gasteiger partial charge >= 0.3 is 0 Å². The van der Waals surface area contributed by atoms with Crippen molar-refractivity contribution in [2.75, 3.05) is 40.5 Å². The van der Waals surface area contributed by atoms with Gasteiger partial charge in [-0.25, -0.2) is 0 Å². The van der Waals surface area contributed by atoms with Crippen LogP contribution in [0.15, 0.2) is 24.3 Å². The van der Waals surface area contributed by atoms with E-state index in [1.807, 2.05) is 24.3 Å². The quantitative estimate of drug-likeness (QED) is 0.721. The molecule has 0 bridgehead atoms. The van der Waals surface area contributed by atoms with Crippen LogP contribution in [0.4, 0.5) is 0 Å². The number of nitrogens with zero attached hydrogens (tertiary/aromatic N) is 1. The molecule has 0 radical (unpaired) electrons. The van der Waals surface area contributed by atoms with Crippen molar-refractivity contribution in [3.63, 3.8) is 0 Å². The first-order valence-corrected chi connectivity index (χ1v) is 6.59. The largest absolute Gasteiger partial charge is 0.383 e. The second kappa shape index (κ2) is 8.67. The minimum atomic E-state index is 0.0248. The van der Waals surface area contributed by atoms with Crippen molar-refractivity contribution in [3.05, 3.63) is 35.4 Å². The van der Waals surface area contributed by atoms with Gasteiger partial charge in [-0.1, -0.05) is 19.1 Å². The normalized spacial score (nSPS) is 10.5. The van der Waals surface area contributed by atoms with Gasteiger partial charge in [0.15, 0.2) is 0 Å². The fourth-order valence-corrected chi connectivity index (χ4v) is 1.78. The molecule has 0 unspecified atom stereocenters. The molecule has 0 aliphatic rings. The monoisotopic (exact) mass is 265 g/mol. The lowest BCUT2D eigenvalue weighted by Gasteiger charge is -2.22. The molecule has 0 heterocycles. The molecule has 4 heteroatoms. The molecule has 0 N–H and O–H groups in total. The predicted octanol–water partition coefficient (Wildman–Crippen LogP) is 1.98. The molecular weight excluding hydrogens is 242 g/mol. The van der Waals surface area contributed by atoms with Gasteiger partial charge in [-0.3, -0.25) is 4.79 Å². The Hall–Kier alpha value is -1.39. The first kappa shape index (κ1) is 15.7. The summed E-state index contributed by atoms with van der Waals surface area (Å²) < 4.78 is 10.1. The Labute approximate surface area is 115 Å². The fourth-order valence-electron chi connectivity index (χ4n) is 1.78. The van der Waals surface area contributed by atoms with Gasteiger partial charge in [0.25, 0.3) is 5.91 Å². The third kappa shape index (κ3) is 5.01. The van der Waals surface area contributed by atoms with Crippen LogP contribution >= 0.6 is 0 Å². The number of ether oxygens (including phenoxy) is 2. The van der Waals surface area contributed by atoms with E-state index >= 15 is 0 Å². The Balaban J connectivity index is 2.72. The zero-order valence-corrected chi connectivity index (χ0v) is 12.0. The summed E-state index contributed by atoms with van der Waals surface area (Å²) in [5.74, 6) is 0.0248. The Kier molecular flexibility index (Phi) is 7.15. The average Bonchev–Trinajstić information content (AvgIpc) is 2.47. The third-order valence-corrected chi connectivity index (χ3v) is 3.03. The van der Waals surface area contributed by atoms with Crippen molar-refractivity contribution in [2.45, 2.75) is 13.3 Å². The highest BCUT2D eigenvalue weighted by atomic mass is 16.5. The number of rotatable bonds is 8. The summed E-state index contributed by atoms with van der Waals surface area (Å²) in [5.41, 5.74) is 1.95. The summed E-state index contributed by atoms with van der Waals surface area (Å²) in [4.78, 5) is 14.1. The number of methoxy groups -OCH3 is 2. The average molecular weight is 265 g/mol. The van der Waals surface area contributed by atoms with Crippen LogP contribution in [0.25, 0.3) is 0 Å². The molecule has 4 nitrogen and oxygen atoms in total. The lowest BCUT2D eigenvalue weighted by molar-refractivity contribution is 0.0627. The molecule has 1 rings (SSSR count). The minimum absolute atomic E-state index is 0.0248. The molecule has 1 aromatic carbocycles. The molecule has 0 spiro atoms. The first-order valence-electron chi connectivity index (χ1n) is 6.59. The van der Waals surface area contributed by atoms with E-state index in [0.29, 0.717) is 31.9 Å². The summed E-state index contributed by atoms with van der Waals surface area (Å²) in [7, 11) is 3.27. The van der Waals surface area contributed by atoms with Crippen LogP contribution in [-0.4, -0.2) is 51.3 Å². The number of carbonyl (C=O) groups is 1. The van der Waals surface area contributed by atoms with Gasteiger partial charge in [0.2, 0.25) is 0 Å². The number of hydrogen-bond acceptors (Lipinski definition) is 3. The molecule has 0 fully saturated rings. The predicted molar refractivity (Wildman–Crippen MR) is 75.5 cm³/mol. The topological polar surface area (TPSA) is 38.8 Å². The van der Waals surface area contributed by atoms with Gasteiger partial charge in [0.05, 0.1) is 13.2 Å². The van der Waals surface area contributed by atoms with Crippen LogP contribution < -0.4 is 0 Å². The molecule has 106 valence electrons.